The molecule has 0 aromatic carbocycles. The summed E-state index contributed by atoms with van der Waals surface area (Å²) < 4.78 is 28.3. The lowest BCUT2D eigenvalue weighted by Crippen LogP contribution is -2.41. The Morgan fingerprint density at radius 1 is 0.667 bits per heavy atom. The van der Waals surface area contributed by atoms with Gasteiger partial charge in [-0.1, -0.05) is 6.92 Å². The van der Waals surface area contributed by atoms with Crippen LogP contribution in [0.15, 0.2) is 0 Å². The number of esters is 3. The van der Waals surface area contributed by atoms with Gasteiger partial charge in [0, 0.05) is 0 Å². The molecule has 3 aliphatic carbocycles. The standard InChI is InChI=1S/C27H40O9/c1-2-27(13-32-24(29)16-3-7-19(28)8-4-16,14-33-25(30)17-5-9-20-22(11-17)35-20)15-34-26(31)18-6-10-21-23(12-18)36-21/h16-23,28H,2-15H2,1H3/t16?,17?,18?,19?,20?,21?,22-,23?,27?/m0/s1. The van der Waals surface area contributed by atoms with E-state index in [1.165, 1.54) is 0 Å². The average molecular weight is 509 g/mol. The first-order valence-corrected chi connectivity index (χ1v) is 13.8. The highest BCUT2D eigenvalue weighted by Crippen LogP contribution is 2.41. The van der Waals surface area contributed by atoms with Crippen molar-refractivity contribution in [3.63, 3.8) is 0 Å². The third-order valence-corrected chi connectivity index (χ3v) is 9.02. The minimum absolute atomic E-state index is 0.0128. The van der Waals surface area contributed by atoms with Crippen molar-refractivity contribution < 1.29 is 43.2 Å². The molecule has 7 atom stereocenters. The molecule has 9 heteroatoms. The predicted octanol–water partition coefficient (Wildman–Crippen LogP) is 2.70. The molecular weight excluding hydrogens is 468 g/mol. The van der Waals surface area contributed by atoms with Crippen molar-refractivity contribution in [3.8, 4) is 0 Å². The number of carbonyl (C=O) groups excluding carboxylic acids is 3. The summed E-state index contributed by atoms with van der Waals surface area (Å²) in [4.78, 5) is 38.4. The van der Waals surface area contributed by atoms with Crippen LogP contribution in [0.3, 0.4) is 0 Å². The van der Waals surface area contributed by atoms with E-state index in [4.69, 9.17) is 23.7 Å². The molecule has 0 spiro atoms. The van der Waals surface area contributed by atoms with Crippen LogP contribution >= 0.6 is 0 Å². The van der Waals surface area contributed by atoms with Crippen molar-refractivity contribution in [2.75, 3.05) is 19.8 Å². The molecule has 202 valence electrons. The number of fused-ring (bicyclic) bond motifs is 2. The minimum atomic E-state index is -0.810. The molecule has 0 amide bonds. The van der Waals surface area contributed by atoms with Gasteiger partial charge >= 0.3 is 17.9 Å². The molecule has 1 N–H and O–H groups in total. The van der Waals surface area contributed by atoms with Crippen molar-refractivity contribution in [1.29, 1.82) is 0 Å². The van der Waals surface area contributed by atoms with Crippen LogP contribution in [0.4, 0.5) is 0 Å². The Hall–Kier alpha value is -1.71. The normalized spacial score (nSPS) is 38.5. The van der Waals surface area contributed by atoms with E-state index in [1.807, 2.05) is 6.92 Å². The topological polar surface area (TPSA) is 124 Å². The molecule has 2 saturated heterocycles. The highest BCUT2D eigenvalue weighted by molar-refractivity contribution is 5.74. The monoisotopic (exact) mass is 508 g/mol. The van der Waals surface area contributed by atoms with E-state index in [2.05, 4.69) is 0 Å². The second-order valence-corrected chi connectivity index (χ2v) is 11.6. The predicted molar refractivity (Wildman–Crippen MR) is 126 cm³/mol. The highest BCUT2D eigenvalue weighted by atomic mass is 16.6. The van der Waals surface area contributed by atoms with Gasteiger partial charge in [-0.2, -0.15) is 0 Å². The smallest absolute Gasteiger partial charge is 0.309 e. The Bertz CT molecular complexity index is 776. The second-order valence-electron chi connectivity index (χ2n) is 11.6. The van der Waals surface area contributed by atoms with Gasteiger partial charge in [-0.3, -0.25) is 14.4 Å². The largest absolute Gasteiger partial charge is 0.465 e. The summed E-state index contributed by atoms with van der Waals surface area (Å²) in [7, 11) is 0. The molecule has 5 fully saturated rings. The van der Waals surface area contributed by atoms with E-state index in [0.29, 0.717) is 57.2 Å². The maximum Gasteiger partial charge on any atom is 0.309 e. The molecule has 5 aliphatic rings. The van der Waals surface area contributed by atoms with Gasteiger partial charge in [0.05, 0.1) is 53.7 Å². The summed E-state index contributed by atoms with van der Waals surface area (Å²) in [5.41, 5.74) is -0.810. The molecule has 9 nitrogen and oxygen atoms in total. The van der Waals surface area contributed by atoms with Crippen LogP contribution in [-0.4, -0.2) is 73.4 Å². The van der Waals surface area contributed by atoms with Crippen LogP contribution in [0, 0.1) is 23.2 Å². The molecule has 2 heterocycles. The zero-order chi connectivity index (χ0) is 25.3. The first-order chi connectivity index (χ1) is 17.4. The lowest BCUT2D eigenvalue weighted by Gasteiger charge is -2.33. The zero-order valence-electron chi connectivity index (χ0n) is 21.2. The van der Waals surface area contributed by atoms with Gasteiger partial charge < -0.3 is 28.8 Å². The summed E-state index contributed by atoms with van der Waals surface area (Å²) in [6.07, 6.45) is 8.13. The van der Waals surface area contributed by atoms with Crippen molar-refractivity contribution >= 4 is 17.9 Å². The van der Waals surface area contributed by atoms with Crippen LogP contribution in [0.2, 0.25) is 0 Å². The molecule has 3 saturated carbocycles. The number of ether oxygens (including phenoxy) is 5. The van der Waals surface area contributed by atoms with Crippen LogP contribution in [-0.2, 0) is 38.1 Å². The Morgan fingerprint density at radius 2 is 1.08 bits per heavy atom. The lowest BCUT2D eigenvalue weighted by molar-refractivity contribution is -0.168. The number of carbonyl (C=O) groups is 3. The van der Waals surface area contributed by atoms with Gasteiger partial charge in [-0.05, 0) is 70.6 Å². The fourth-order valence-electron chi connectivity index (χ4n) is 6.01. The van der Waals surface area contributed by atoms with Crippen LogP contribution < -0.4 is 0 Å². The molecule has 0 bridgehead atoms. The van der Waals surface area contributed by atoms with Gasteiger partial charge in [0.15, 0.2) is 0 Å². The molecule has 36 heavy (non-hydrogen) atoms. The summed E-state index contributed by atoms with van der Waals surface area (Å²) in [5, 5.41) is 9.74. The molecule has 0 aromatic rings. The van der Waals surface area contributed by atoms with Crippen LogP contribution in [0.5, 0.6) is 0 Å². The Labute approximate surface area is 212 Å². The maximum atomic E-state index is 12.8. The highest BCUT2D eigenvalue weighted by Gasteiger charge is 2.48. The Balaban J connectivity index is 1.17. The summed E-state index contributed by atoms with van der Waals surface area (Å²) >= 11 is 0. The fourth-order valence-corrected chi connectivity index (χ4v) is 6.01. The fraction of sp³-hybridized carbons (Fsp3) is 0.889. The van der Waals surface area contributed by atoms with Gasteiger partial charge in [0.2, 0.25) is 0 Å². The van der Waals surface area contributed by atoms with Crippen molar-refractivity contribution in [3.05, 3.63) is 0 Å². The molecular formula is C27H40O9. The van der Waals surface area contributed by atoms with Crippen molar-refractivity contribution in [2.45, 2.75) is 108 Å². The second kappa shape index (κ2) is 11.0. The van der Waals surface area contributed by atoms with E-state index in [9.17, 15) is 19.5 Å². The third kappa shape index (κ3) is 6.22. The Morgan fingerprint density at radius 3 is 1.50 bits per heavy atom. The average Bonchev–Trinajstić information content (AvgIpc) is 3.82. The first-order valence-electron chi connectivity index (χ1n) is 13.8. The Kier molecular flexibility index (Phi) is 7.89. The third-order valence-electron chi connectivity index (χ3n) is 9.02. The van der Waals surface area contributed by atoms with Gasteiger partial charge in [0.25, 0.3) is 0 Å². The number of rotatable bonds is 10. The van der Waals surface area contributed by atoms with E-state index < -0.39 is 5.41 Å². The van der Waals surface area contributed by atoms with Crippen molar-refractivity contribution in [1.82, 2.24) is 0 Å². The van der Waals surface area contributed by atoms with E-state index in [-0.39, 0.29) is 73.8 Å². The lowest BCUT2D eigenvalue weighted by atomic mass is 9.86. The number of aliphatic hydroxyl groups is 1. The van der Waals surface area contributed by atoms with Crippen LogP contribution in [0.1, 0.15) is 77.6 Å². The molecule has 6 unspecified atom stereocenters. The number of aliphatic hydroxyl groups excluding tert-OH is 1. The van der Waals surface area contributed by atoms with E-state index in [0.717, 1.165) is 25.7 Å². The first kappa shape index (κ1) is 25.9. The molecule has 0 radical (unpaired) electrons. The van der Waals surface area contributed by atoms with Gasteiger partial charge in [0.1, 0.15) is 19.8 Å². The molecule has 5 rings (SSSR count). The van der Waals surface area contributed by atoms with Gasteiger partial charge in [-0.25, -0.2) is 0 Å². The maximum absolute atomic E-state index is 12.8. The molecule has 2 aliphatic heterocycles. The quantitative estimate of drug-likeness (QED) is 0.269. The van der Waals surface area contributed by atoms with E-state index in [1.54, 1.807) is 0 Å². The van der Waals surface area contributed by atoms with Crippen molar-refractivity contribution in [2.24, 2.45) is 23.2 Å². The summed E-state index contributed by atoms with van der Waals surface area (Å²) in [5.74, 6) is -1.43. The summed E-state index contributed by atoms with van der Waals surface area (Å²) in [6, 6.07) is 0. The van der Waals surface area contributed by atoms with Gasteiger partial charge in [-0.15, -0.1) is 0 Å². The summed E-state index contributed by atoms with van der Waals surface area (Å²) in [6.45, 7) is 1.99. The SMILES string of the molecule is CCC(COC(=O)C1CCC(O)CC1)(COC(=O)C1CCC2OC2C1)COC(=O)C1CCC2O[C@H]2C1. The molecule has 0 aromatic heterocycles. The number of hydrogen-bond acceptors (Lipinski definition) is 9. The van der Waals surface area contributed by atoms with Crippen LogP contribution in [0.25, 0.3) is 0 Å². The number of epoxide rings is 2. The van der Waals surface area contributed by atoms with E-state index >= 15 is 0 Å². The number of hydrogen-bond donors (Lipinski definition) is 1. The zero-order valence-corrected chi connectivity index (χ0v) is 21.2. The minimum Gasteiger partial charge on any atom is -0.465 e.